The molecule has 0 amide bonds. The molecule has 2 N–H and O–H groups in total. The molecule has 0 unspecified atom stereocenters. The monoisotopic (exact) mass is 195 g/mol. The predicted octanol–water partition coefficient (Wildman–Crippen LogP) is 1.12. The first-order valence-corrected chi connectivity index (χ1v) is 4.44. The number of methoxy groups -OCH3 is 1. The third kappa shape index (κ3) is 1.48. The smallest absolute Gasteiger partial charge is 0.124 e. The average molecular weight is 195 g/mol. The van der Waals surface area contributed by atoms with Crippen molar-refractivity contribution in [2.45, 2.75) is 19.8 Å². The zero-order chi connectivity index (χ0) is 9.97. The normalized spacial score (nSPS) is 14.1. The van der Waals surface area contributed by atoms with Crippen molar-refractivity contribution in [3.8, 4) is 5.75 Å². The Hall–Kier alpha value is -1.10. The van der Waals surface area contributed by atoms with Gasteiger partial charge in [-0.3, -0.25) is 4.84 Å². The van der Waals surface area contributed by atoms with Gasteiger partial charge in [-0.2, -0.15) is 0 Å². The van der Waals surface area contributed by atoms with E-state index in [-0.39, 0.29) is 0 Å². The fraction of sp³-hybridized carbons (Fsp3) is 0.400. The van der Waals surface area contributed by atoms with Gasteiger partial charge in [-0.1, -0.05) is 6.07 Å². The fourth-order valence-electron chi connectivity index (χ4n) is 1.73. The summed E-state index contributed by atoms with van der Waals surface area (Å²) >= 11 is 0. The van der Waals surface area contributed by atoms with Crippen LogP contribution in [0.5, 0.6) is 5.75 Å². The van der Waals surface area contributed by atoms with E-state index in [4.69, 9.17) is 15.4 Å². The molecule has 0 bridgehead atoms. The maximum absolute atomic E-state index is 5.35. The fourth-order valence-corrected chi connectivity index (χ4v) is 1.73. The van der Waals surface area contributed by atoms with E-state index in [1.54, 1.807) is 7.11 Å². The zero-order valence-electron chi connectivity index (χ0n) is 8.08. The van der Waals surface area contributed by atoms with Gasteiger partial charge < -0.3 is 9.47 Å². The highest BCUT2D eigenvalue weighted by Crippen LogP contribution is 2.30. The molecule has 1 aromatic rings. The Bertz CT molecular complexity index is 338. The van der Waals surface area contributed by atoms with Crippen LogP contribution in [0.15, 0.2) is 12.1 Å². The molecule has 1 aliphatic rings. The lowest BCUT2D eigenvalue weighted by Gasteiger charge is -2.11. The minimum absolute atomic E-state index is 0.357. The van der Waals surface area contributed by atoms with Crippen LogP contribution in [0.25, 0.3) is 0 Å². The third-order valence-electron chi connectivity index (χ3n) is 2.44. The highest BCUT2D eigenvalue weighted by atomic mass is 16.6. The molecule has 14 heavy (non-hydrogen) atoms. The summed E-state index contributed by atoms with van der Waals surface area (Å²) in [6.07, 6.45) is 0. The molecular formula is C10H13NO3. The second-order valence-corrected chi connectivity index (χ2v) is 3.19. The van der Waals surface area contributed by atoms with E-state index in [0.717, 1.165) is 16.9 Å². The molecule has 4 heteroatoms. The second kappa shape index (κ2) is 3.96. The number of nitrogens with two attached hydrogens (primary N) is 1. The van der Waals surface area contributed by atoms with E-state index >= 15 is 0 Å². The quantitative estimate of drug-likeness (QED) is 0.734. The molecule has 0 fully saturated rings. The van der Waals surface area contributed by atoms with Crippen LogP contribution < -0.4 is 10.6 Å². The SMILES string of the molecule is COc1ccc2c(c1CON)COC2. The van der Waals surface area contributed by atoms with Crippen molar-refractivity contribution >= 4 is 0 Å². The van der Waals surface area contributed by atoms with Crippen LogP contribution in [0.1, 0.15) is 16.7 Å². The van der Waals surface area contributed by atoms with Crippen molar-refractivity contribution in [3.63, 3.8) is 0 Å². The van der Waals surface area contributed by atoms with Crippen molar-refractivity contribution in [1.82, 2.24) is 0 Å². The molecule has 0 atom stereocenters. The molecule has 4 nitrogen and oxygen atoms in total. The molecule has 0 spiro atoms. The van der Waals surface area contributed by atoms with Crippen molar-refractivity contribution < 1.29 is 14.3 Å². The van der Waals surface area contributed by atoms with E-state index in [0.29, 0.717) is 19.8 Å². The highest BCUT2D eigenvalue weighted by Gasteiger charge is 2.18. The standard InChI is InChI=1S/C10H13NO3/c1-12-10-3-2-7-4-13-5-8(7)9(10)6-14-11/h2-3H,4-6,11H2,1H3. The summed E-state index contributed by atoms with van der Waals surface area (Å²) in [5.41, 5.74) is 3.33. The number of fused-ring (bicyclic) bond motifs is 1. The number of benzene rings is 1. The van der Waals surface area contributed by atoms with Crippen LogP contribution >= 0.6 is 0 Å². The summed E-state index contributed by atoms with van der Waals surface area (Å²) in [6, 6.07) is 3.93. The van der Waals surface area contributed by atoms with Gasteiger partial charge in [0.15, 0.2) is 0 Å². The Morgan fingerprint density at radius 1 is 1.43 bits per heavy atom. The minimum atomic E-state index is 0.357. The number of rotatable bonds is 3. The molecule has 76 valence electrons. The molecular weight excluding hydrogens is 182 g/mol. The molecule has 0 radical (unpaired) electrons. The summed E-state index contributed by atoms with van der Waals surface area (Å²) in [7, 11) is 1.64. The maximum atomic E-state index is 5.35. The van der Waals surface area contributed by atoms with Gasteiger partial charge in [0.25, 0.3) is 0 Å². The lowest BCUT2D eigenvalue weighted by atomic mass is 10.0. The van der Waals surface area contributed by atoms with Crippen molar-refractivity contribution in [3.05, 3.63) is 28.8 Å². The van der Waals surface area contributed by atoms with E-state index in [2.05, 4.69) is 4.84 Å². The first kappa shape index (κ1) is 9.45. The van der Waals surface area contributed by atoms with Crippen molar-refractivity contribution in [1.29, 1.82) is 0 Å². The molecule has 0 saturated carbocycles. The lowest BCUT2D eigenvalue weighted by Crippen LogP contribution is -2.04. The van der Waals surface area contributed by atoms with Gasteiger partial charge in [0, 0.05) is 5.56 Å². The van der Waals surface area contributed by atoms with E-state index in [1.165, 1.54) is 5.56 Å². The Balaban J connectivity index is 2.45. The van der Waals surface area contributed by atoms with Crippen LogP contribution in [0, 0.1) is 0 Å². The third-order valence-corrected chi connectivity index (χ3v) is 2.44. The minimum Gasteiger partial charge on any atom is -0.496 e. The van der Waals surface area contributed by atoms with E-state index in [1.807, 2.05) is 12.1 Å². The molecule has 1 aromatic carbocycles. The molecule has 2 rings (SSSR count). The van der Waals surface area contributed by atoms with Gasteiger partial charge >= 0.3 is 0 Å². The topological polar surface area (TPSA) is 53.7 Å². The Morgan fingerprint density at radius 2 is 2.29 bits per heavy atom. The van der Waals surface area contributed by atoms with Crippen molar-refractivity contribution in [2.24, 2.45) is 5.90 Å². The van der Waals surface area contributed by atoms with Gasteiger partial charge in [-0.25, -0.2) is 5.90 Å². The largest absolute Gasteiger partial charge is 0.496 e. The van der Waals surface area contributed by atoms with E-state index < -0.39 is 0 Å². The van der Waals surface area contributed by atoms with Crippen LogP contribution in [0.3, 0.4) is 0 Å². The molecule has 1 heterocycles. The van der Waals surface area contributed by atoms with Crippen molar-refractivity contribution in [2.75, 3.05) is 7.11 Å². The Labute approximate surface area is 82.5 Å². The average Bonchev–Trinajstić information content (AvgIpc) is 2.67. The van der Waals surface area contributed by atoms with Crippen LogP contribution in [-0.4, -0.2) is 7.11 Å². The summed E-state index contributed by atoms with van der Waals surface area (Å²) in [6.45, 7) is 1.64. The molecule has 0 aromatic heterocycles. The Kier molecular flexibility index (Phi) is 2.67. The highest BCUT2D eigenvalue weighted by molar-refractivity contribution is 5.45. The number of ether oxygens (including phenoxy) is 2. The van der Waals surface area contributed by atoms with Crippen LogP contribution in [0.4, 0.5) is 0 Å². The number of hydrogen-bond donors (Lipinski definition) is 1. The van der Waals surface area contributed by atoms with Gasteiger partial charge in [0.2, 0.25) is 0 Å². The predicted molar refractivity (Wildman–Crippen MR) is 50.5 cm³/mol. The van der Waals surface area contributed by atoms with Gasteiger partial charge in [-0.15, -0.1) is 0 Å². The lowest BCUT2D eigenvalue weighted by molar-refractivity contribution is 0.116. The Morgan fingerprint density at radius 3 is 3.00 bits per heavy atom. The summed E-state index contributed by atoms with van der Waals surface area (Å²) in [5, 5.41) is 0. The van der Waals surface area contributed by atoms with Crippen LogP contribution in [0.2, 0.25) is 0 Å². The molecule has 0 saturated heterocycles. The first-order chi connectivity index (χ1) is 6.86. The summed E-state index contributed by atoms with van der Waals surface area (Å²) in [5.74, 6) is 5.89. The van der Waals surface area contributed by atoms with Gasteiger partial charge in [0.05, 0.1) is 26.9 Å². The zero-order valence-corrected chi connectivity index (χ0v) is 8.08. The maximum Gasteiger partial charge on any atom is 0.124 e. The molecule has 0 aliphatic carbocycles. The van der Waals surface area contributed by atoms with Gasteiger partial charge in [0.1, 0.15) is 5.75 Å². The summed E-state index contributed by atoms with van der Waals surface area (Å²) in [4.78, 5) is 4.66. The van der Waals surface area contributed by atoms with Gasteiger partial charge in [-0.05, 0) is 17.2 Å². The molecule has 1 aliphatic heterocycles. The van der Waals surface area contributed by atoms with E-state index in [9.17, 15) is 0 Å². The summed E-state index contributed by atoms with van der Waals surface area (Å²) < 4.78 is 10.6. The second-order valence-electron chi connectivity index (χ2n) is 3.19. The number of hydrogen-bond acceptors (Lipinski definition) is 4. The van der Waals surface area contributed by atoms with Crippen LogP contribution in [-0.2, 0) is 29.4 Å². The first-order valence-electron chi connectivity index (χ1n) is 4.44.